The Hall–Kier alpha value is -2.64. The number of ether oxygens (including phenoxy) is 3. The second-order valence-electron chi connectivity index (χ2n) is 8.32. The van der Waals surface area contributed by atoms with Crippen LogP contribution in [0, 0.1) is 11.8 Å². The molecule has 0 bridgehead atoms. The summed E-state index contributed by atoms with van der Waals surface area (Å²) in [4.78, 5) is 27.3. The number of urea groups is 1. The number of likely N-dealkylation sites (tertiary alicyclic amines) is 1. The van der Waals surface area contributed by atoms with Crippen molar-refractivity contribution in [2.45, 2.75) is 39.7 Å². The molecule has 2 N–H and O–H groups in total. The highest BCUT2D eigenvalue weighted by molar-refractivity contribution is 5.83. The smallest absolute Gasteiger partial charge is 0.317 e. The van der Waals surface area contributed by atoms with Gasteiger partial charge in [0.25, 0.3) is 0 Å². The maximum atomic E-state index is 13.0. The summed E-state index contributed by atoms with van der Waals surface area (Å²) in [5.41, 5.74) is 0.869. The summed E-state index contributed by atoms with van der Waals surface area (Å²) in [7, 11) is 4.67. The zero-order valence-corrected chi connectivity index (χ0v) is 19.1. The number of carbonyl (C=O) groups excluding carboxylic acids is 2. The van der Waals surface area contributed by atoms with Crippen molar-refractivity contribution in [1.29, 1.82) is 0 Å². The van der Waals surface area contributed by atoms with Crippen molar-refractivity contribution in [2.75, 3.05) is 41.0 Å². The molecular formula is C22H35N3O5. The first-order valence-electron chi connectivity index (χ1n) is 10.3. The van der Waals surface area contributed by atoms with Crippen molar-refractivity contribution in [2.24, 2.45) is 11.8 Å². The minimum absolute atomic E-state index is 0.0194. The first-order chi connectivity index (χ1) is 14.2. The fourth-order valence-corrected chi connectivity index (χ4v) is 3.66. The van der Waals surface area contributed by atoms with Crippen LogP contribution < -0.4 is 24.8 Å². The molecule has 30 heavy (non-hydrogen) atoms. The van der Waals surface area contributed by atoms with E-state index in [2.05, 4.69) is 10.6 Å². The van der Waals surface area contributed by atoms with Crippen LogP contribution in [0.15, 0.2) is 12.1 Å². The Morgan fingerprint density at radius 1 is 1.03 bits per heavy atom. The summed E-state index contributed by atoms with van der Waals surface area (Å²) in [6, 6.07) is 3.57. The Bertz CT molecular complexity index is 725. The minimum Gasteiger partial charge on any atom is -0.493 e. The van der Waals surface area contributed by atoms with E-state index in [1.54, 1.807) is 26.2 Å². The van der Waals surface area contributed by atoms with E-state index in [1.807, 2.05) is 39.8 Å². The van der Waals surface area contributed by atoms with Gasteiger partial charge < -0.3 is 29.7 Å². The Morgan fingerprint density at radius 3 is 2.10 bits per heavy atom. The van der Waals surface area contributed by atoms with Crippen LogP contribution in [0.3, 0.4) is 0 Å². The molecule has 2 atom stereocenters. The maximum Gasteiger partial charge on any atom is 0.317 e. The number of nitrogens with zero attached hydrogens (tertiary/aromatic N) is 1. The first-order valence-corrected chi connectivity index (χ1v) is 10.3. The molecule has 1 aromatic rings. The van der Waals surface area contributed by atoms with Gasteiger partial charge in [-0.05, 0) is 37.5 Å². The lowest BCUT2D eigenvalue weighted by Crippen LogP contribution is -2.42. The molecule has 3 amide bonds. The van der Waals surface area contributed by atoms with Gasteiger partial charge >= 0.3 is 6.03 Å². The fraction of sp³-hybridized carbons (Fsp3) is 0.636. The van der Waals surface area contributed by atoms with Gasteiger partial charge in [-0.3, -0.25) is 4.79 Å². The lowest BCUT2D eigenvalue weighted by Gasteiger charge is -2.21. The van der Waals surface area contributed by atoms with Crippen molar-refractivity contribution in [3.8, 4) is 17.2 Å². The van der Waals surface area contributed by atoms with Gasteiger partial charge in [0.05, 0.1) is 27.2 Å². The monoisotopic (exact) mass is 421 g/mol. The molecular weight excluding hydrogens is 386 g/mol. The standard InChI is InChI=1S/C22H35N3O5/c1-13(2)10-23-21(26)17-12-25(22(27)24-14(3)4)11-16(17)15-8-18(28-5)20(30-7)19(9-15)29-6/h8-9,13-14,16-17H,10-12H2,1-7H3,(H,23,26)(H,24,27). The van der Waals surface area contributed by atoms with Crippen molar-refractivity contribution in [3.05, 3.63) is 17.7 Å². The lowest BCUT2D eigenvalue weighted by atomic mass is 9.87. The molecule has 8 heteroatoms. The molecule has 1 aliphatic rings. The molecule has 2 unspecified atom stereocenters. The van der Waals surface area contributed by atoms with E-state index in [0.29, 0.717) is 42.8 Å². The van der Waals surface area contributed by atoms with Crippen LogP contribution in [0.5, 0.6) is 17.2 Å². The Kier molecular flexibility index (Phi) is 8.20. The number of benzene rings is 1. The van der Waals surface area contributed by atoms with Crippen molar-refractivity contribution >= 4 is 11.9 Å². The minimum atomic E-state index is -0.371. The molecule has 0 spiro atoms. The van der Waals surface area contributed by atoms with Gasteiger partial charge in [0.15, 0.2) is 11.5 Å². The maximum absolute atomic E-state index is 13.0. The molecule has 168 valence electrons. The van der Waals surface area contributed by atoms with Gasteiger partial charge in [0.2, 0.25) is 11.7 Å². The average molecular weight is 422 g/mol. The van der Waals surface area contributed by atoms with Gasteiger partial charge in [-0.15, -0.1) is 0 Å². The van der Waals surface area contributed by atoms with Gasteiger partial charge in [0, 0.05) is 31.6 Å². The van der Waals surface area contributed by atoms with Crippen LogP contribution in [0.25, 0.3) is 0 Å². The predicted octanol–water partition coefficient (Wildman–Crippen LogP) is 2.62. The number of hydrogen-bond acceptors (Lipinski definition) is 5. The molecule has 2 rings (SSSR count). The Labute approximate surface area is 179 Å². The molecule has 0 saturated carbocycles. The number of hydrogen-bond donors (Lipinski definition) is 2. The van der Waals surface area contributed by atoms with E-state index in [9.17, 15) is 9.59 Å². The van der Waals surface area contributed by atoms with Crippen LogP contribution in [0.2, 0.25) is 0 Å². The van der Waals surface area contributed by atoms with Crippen molar-refractivity contribution in [1.82, 2.24) is 15.5 Å². The molecule has 0 aliphatic carbocycles. The average Bonchev–Trinajstić information content (AvgIpc) is 3.16. The zero-order chi connectivity index (χ0) is 22.4. The number of amides is 3. The summed E-state index contributed by atoms with van der Waals surface area (Å²) < 4.78 is 16.4. The Balaban J connectivity index is 2.39. The van der Waals surface area contributed by atoms with Gasteiger partial charge in [0.1, 0.15) is 0 Å². The first kappa shape index (κ1) is 23.6. The van der Waals surface area contributed by atoms with Crippen LogP contribution in [0.4, 0.5) is 4.79 Å². The Morgan fingerprint density at radius 2 is 1.63 bits per heavy atom. The van der Waals surface area contributed by atoms with Crippen molar-refractivity contribution < 1.29 is 23.8 Å². The van der Waals surface area contributed by atoms with Gasteiger partial charge in [-0.2, -0.15) is 0 Å². The normalized spacial score (nSPS) is 18.5. The van der Waals surface area contributed by atoms with E-state index in [1.165, 1.54) is 0 Å². The summed E-state index contributed by atoms with van der Waals surface area (Å²) in [5.74, 6) is 1.28. The summed E-state index contributed by atoms with van der Waals surface area (Å²) in [6.07, 6.45) is 0. The highest BCUT2D eigenvalue weighted by Gasteiger charge is 2.41. The lowest BCUT2D eigenvalue weighted by molar-refractivity contribution is -0.125. The van der Waals surface area contributed by atoms with Crippen molar-refractivity contribution in [3.63, 3.8) is 0 Å². The summed E-state index contributed by atoms with van der Waals surface area (Å²) in [6.45, 7) is 9.30. The van der Waals surface area contributed by atoms with E-state index in [4.69, 9.17) is 14.2 Å². The number of rotatable bonds is 8. The highest BCUT2D eigenvalue weighted by Crippen LogP contribution is 2.43. The quantitative estimate of drug-likeness (QED) is 0.674. The number of carbonyl (C=O) groups is 2. The molecule has 1 fully saturated rings. The molecule has 0 aromatic heterocycles. The third kappa shape index (κ3) is 5.49. The van der Waals surface area contributed by atoms with Crippen LogP contribution >= 0.6 is 0 Å². The number of methoxy groups -OCH3 is 3. The van der Waals surface area contributed by atoms with Crippen LogP contribution in [-0.2, 0) is 4.79 Å². The third-order valence-corrected chi connectivity index (χ3v) is 5.16. The van der Waals surface area contributed by atoms with E-state index >= 15 is 0 Å². The van der Waals surface area contributed by atoms with Gasteiger partial charge in [-0.1, -0.05) is 13.8 Å². The molecule has 1 aliphatic heterocycles. The topological polar surface area (TPSA) is 89.1 Å². The second-order valence-corrected chi connectivity index (χ2v) is 8.32. The van der Waals surface area contributed by atoms with E-state index in [-0.39, 0.29) is 29.8 Å². The molecule has 1 heterocycles. The molecule has 1 saturated heterocycles. The van der Waals surface area contributed by atoms with E-state index < -0.39 is 0 Å². The summed E-state index contributed by atoms with van der Waals surface area (Å²) in [5, 5.41) is 5.93. The van der Waals surface area contributed by atoms with Gasteiger partial charge in [-0.25, -0.2) is 4.79 Å². The molecule has 0 radical (unpaired) electrons. The van der Waals surface area contributed by atoms with Crippen LogP contribution in [-0.4, -0.2) is 63.8 Å². The SMILES string of the molecule is COc1cc(C2CN(C(=O)NC(C)C)CC2C(=O)NCC(C)C)cc(OC)c1OC. The third-order valence-electron chi connectivity index (χ3n) is 5.16. The highest BCUT2D eigenvalue weighted by atomic mass is 16.5. The van der Waals surface area contributed by atoms with Crippen LogP contribution in [0.1, 0.15) is 39.2 Å². The zero-order valence-electron chi connectivity index (χ0n) is 19.1. The number of nitrogens with one attached hydrogen (secondary N) is 2. The molecule has 8 nitrogen and oxygen atoms in total. The van der Waals surface area contributed by atoms with E-state index in [0.717, 1.165) is 5.56 Å². The predicted molar refractivity (Wildman–Crippen MR) is 115 cm³/mol. The second kappa shape index (κ2) is 10.4. The fourth-order valence-electron chi connectivity index (χ4n) is 3.66. The summed E-state index contributed by atoms with van der Waals surface area (Å²) >= 11 is 0. The largest absolute Gasteiger partial charge is 0.493 e. The molecule has 1 aromatic carbocycles.